The van der Waals surface area contributed by atoms with E-state index in [4.69, 9.17) is 4.74 Å². The Morgan fingerprint density at radius 1 is 1.21 bits per heavy atom. The van der Waals surface area contributed by atoms with Gasteiger partial charge in [0.2, 0.25) is 0 Å². The van der Waals surface area contributed by atoms with Crippen LogP contribution in [0.3, 0.4) is 0 Å². The molecule has 0 saturated carbocycles. The van der Waals surface area contributed by atoms with Gasteiger partial charge in [-0.15, -0.1) is 0 Å². The van der Waals surface area contributed by atoms with Gasteiger partial charge in [-0.05, 0) is 26.8 Å². The maximum atomic E-state index is 11.5. The smallest absolute Gasteiger partial charge is 0.327 e. The van der Waals surface area contributed by atoms with Crippen molar-refractivity contribution in [3.8, 4) is 0 Å². The number of esters is 1. The first-order chi connectivity index (χ1) is 6.47. The van der Waals surface area contributed by atoms with Gasteiger partial charge in [-0.1, -0.05) is 26.0 Å². The van der Waals surface area contributed by atoms with E-state index >= 15 is 0 Å². The predicted octanol–water partition coefficient (Wildman–Crippen LogP) is 1.74. The van der Waals surface area contributed by atoms with Gasteiger partial charge in [0.25, 0.3) is 0 Å². The maximum Gasteiger partial charge on any atom is 0.327 e. The summed E-state index contributed by atoms with van der Waals surface area (Å²) in [5, 5.41) is 2.90. The molecule has 0 saturated heterocycles. The molecule has 0 heterocycles. The van der Waals surface area contributed by atoms with Crippen molar-refractivity contribution in [2.24, 2.45) is 5.92 Å². The molecule has 0 rings (SSSR count). The minimum absolute atomic E-state index is 0.0641. The van der Waals surface area contributed by atoms with Crippen LogP contribution in [0.1, 0.15) is 27.7 Å². The van der Waals surface area contributed by atoms with E-state index in [1.807, 2.05) is 26.0 Å². The molecule has 82 valence electrons. The highest BCUT2D eigenvalue weighted by Crippen LogP contribution is 1.99. The largest absolute Gasteiger partial charge is 0.462 e. The Balaban J connectivity index is 4.19. The Labute approximate surface area is 86.5 Å². The monoisotopic (exact) mass is 199 g/mol. The van der Waals surface area contributed by atoms with E-state index in [1.165, 1.54) is 0 Å². The van der Waals surface area contributed by atoms with Gasteiger partial charge in [-0.25, -0.2) is 4.79 Å². The summed E-state index contributed by atoms with van der Waals surface area (Å²) in [7, 11) is 1.75. The van der Waals surface area contributed by atoms with Gasteiger partial charge in [0.1, 0.15) is 6.04 Å². The van der Waals surface area contributed by atoms with Gasteiger partial charge in [0, 0.05) is 0 Å². The summed E-state index contributed by atoms with van der Waals surface area (Å²) in [5.74, 6) is 0.220. The summed E-state index contributed by atoms with van der Waals surface area (Å²) in [6.45, 7) is 7.82. The molecule has 1 atom stereocenters. The standard InChI is InChI=1S/C11H21NO2/c1-8(2)6-7-10(12-5)11(13)14-9(3)4/h6-10,12H,1-5H3/b7-6+. The van der Waals surface area contributed by atoms with Crippen LogP contribution in [0.5, 0.6) is 0 Å². The average molecular weight is 199 g/mol. The van der Waals surface area contributed by atoms with Crippen LogP contribution < -0.4 is 5.32 Å². The molecule has 3 heteroatoms. The van der Waals surface area contributed by atoms with E-state index < -0.39 is 0 Å². The lowest BCUT2D eigenvalue weighted by atomic mass is 10.1. The highest BCUT2D eigenvalue weighted by molar-refractivity contribution is 5.78. The number of carbonyl (C=O) groups excluding carboxylic acids is 1. The minimum Gasteiger partial charge on any atom is -0.462 e. The Morgan fingerprint density at radius 2 is 1.79 bits per heavy atom. The van der Waals surface area contributed by atoms with E-state index in [0.717, 1.165) is 0 Å². The molecular formula is C11H21NO2. The highest BCUT2D eigenvalue weighted by atomic mass is 16.5. The second-order valence-electron chi connectivity index (χ2n) is 3.88. The Morgan fingerprint density at radius 3 is 2.14 bits per heavy atom. The summed E-state index contributed by atoms with van der Waals surface area (Å²) < 4.78 is 5.08. The first-order valence-corrected chi connectivity index (χ1v) is 5.03. The fourth-order valence-electron chi connectivity index (χ4n) is 0.932. The van der Waals surface area contributed by atoms with Crippen LogP contribution in [-0.4, -0.2) is 25.2 Å². The predicted molar refractivity (Wildman–Crippen MR) is 58.1 cm³/mol. The van der Waals surface area contributed by atoms with Gasteiger partial charge in [0.05, 0.1) is 6.10 Å². The number of hydrogen-bond acceptors (Lipinski definition) is 3. The van der Waals surface area contributed by atoms with Crippen molar-refractivity contribution in [1.82, 2.24) is 5.32 Å². The lowest BCUT2D eigenvalue weighted by molar-refractivity contribution is -0.148. The molecule has 0 bridgehead atoms. The second kappa shape index (κ2) is 6.60. The number of hydrogen-bond donors (Lipinski definition) is 1. The first-order valence-electron chi connectivity index (χ1n) is 5.03. The number of ether oxygens (including phenoxy) is 1. The van der Waals surface area contributed by atoms with E-state index in [-0.39, 0.29) is 18.1 Å². The first kappa shape index (κ1) is 13.2. The number of rotatable bonds is 5. The normalized spacial score (nSPS) is 13.9. The molecule has 0 aliphatic rings. The van der Waals surface area contributed by atoms with E-state index in [2.05, 4.69) is 19.2 Å². The summed E-state index contributed by atoms with van der Waals surface area (Å²) in [6, 6.07) is -0.334. The van der Waals surface area contributed by atoms with Gasteiger partial charge in [-0.2, -0.15) is 0 Å². The highest BCUT2D eigenvalue weighted by Gasteiger charge is 2.15. The van der Waals surface area contributed by atoms with Gasteiger partial charge < -0.3 is 10.1 Å². The minimum atomic E-state index is -0.334. The third-order valence-electron chi connectivity index (χ3n) is 1.61. The van der Waals surface area contributed by atoms with Crippen LogP contribution in [0.15, 0.2) is 12.2 Å². The summed E-state index contributed by atoms with van der Waals surface area (Å²) in [6.07, 6.45) is 3.77. The van der Waals surface area contributed by atoms with Crippen molar-refractivity contribution in [1.29, 1.82) is 0 Å². The molecule has 0 aliphatic heterocycles. The molecule has 0 spiro atoms. The number of nitrogens with one attached hydrogen (secondary N) is 1. The molecule has 0 aromatic carbocycles. The molecule has 0 amide bonds. The van der Waals surface area contributed by atoms with Crippen molar-refractivity contribution in [2.75, 3.05) is 7.05 Å². The van der Waals surface area contributed by atoms with Crippen molar-refractivity contribution in [3.63, 3.8) is 0 Å². The summed E-state index contributed by atoms with van der Waals surface area (Å²) >= 11 is 0. The quantitative estimate of drug-likeness (QED) is 0.541. The number of allylic oxidation sites excluding steroid dienone is 1. The van der Waals surface area contributed by atoms with Gasteiger partial charge in [0.15, 0.2) is 0 Å². The van der Waals surface area contributed by atoms with Crippen LogP contribution in [0.25, 0.3) is 0 Å². The zero-order valence-electron chi connectivity index (χ0n) is 9.70. The van der Waals surface area contributed by atoms with Crippen molar-refractivity contribution in [3.05, 3.63) is 12.2 Å². The van der Waals surface area contributed by atoms with Crippen molar-refractivity contribution in [2.45, 2.75) is 39.8 Å². The SMILES string of the molecule is CNC(/C=C/C(C)C)C(=O)OC(C)C. The van der Waals surface area contributed by atoms with Crippen molar-refractivity contribution >= 4 is 5.97 Å². The summed E-state index contributed by atoms with van der Waals surface area (Å²) in [4.78, 5) is 11.5. The lowest BCUT2D eigenvalue weighted by Gasteiger charge is -2.14. The maximum absolute atomic E-state index is 11.5. The zero-order chi connectivity index (χ0) is 11.1. The molecule has 1 N–H and O–H groups in total. The van der Waals surface area contributed by atoms with Crippen LogP contribution in [0, 0.1) is 5.92 Å². The molecule has 0 radical (unpaired) electrons. The Hall–Kier alpha value is -0.830. The third kappa shape index (κ3) is 5.75. The molecule has 0 aliphatic carbocycles. The number of carbonyl (C=O) groups is 1. The average Bonchev–Trinajstić information content (AvgIpc) is 2.03. The van der Waals surface area contributed by atoms with Crippen molar-refractivity contribution < 1.29 is 9.53 Å². The molecule has 1 unspecified atom stereocenters. The molecule has 0 aromatic rings. The molecular weight excluding hydrogens is 178 g/mol. The van der Waals surface area contributed by atoms with E-state index in [9.17, 15) is 4.79 Å². The molecule has 0 fully saturated rings. The fourth-order valence-corrected chi connectivity index (χ4v) is 0.932. The van der Waals surface area contributed by atoms with Crippen LogP contribution in [-0.2, 0) is 9.53 Å². The Bertz CT molecular complexity index is 197. The second-order valence-corrected chi connectivity index (χ2v) is 3.88. The van der Waals surface area contributed by atoms with E-state index in [0.29, 0.717) is 5.92 Å². The van der Waals surface area contributed by atoms with Gasteiger partial charge >= 0.3 is 5.97 Å². The van der Waals surface area contributed by atoms with Crippen LogP contribution in [0.4, 0.5) is 0 Å². The van der Waals surface area contributed by atoms with Gasteiger partial charge in [-0.3, -0.25) is 0 Å². The topological polar surface area (TPSA) is 38.3 Å². The van der Waals surface area contributed by atoms with E-state index in [1.54, 1.807) is 7.05 Å². The van der Waals surface area contributed by atoms with Crippen LogP contribution in [0.2, 0.25) is 0 Å². The van der Waals surface area contributed by atoms with Crippen LogP contribution >= 0.6 is 0 Å². The lowest BCUT2D eigenvalue weighted by Crippen LogP contribution is -2.35. The zero-order valence-corrected chi connectivity index (χ0v) is 9.70. The summed E-state index contributed by atoms with van der Waals surface area (Å²) in [5.41, 5.74) is 0. The molecule has 14 heavy (non-hydrogen) atoms. The third-order valence-corrected chi connectivity index (χ3v) is 1.61. The molecule has 3 nitrogen and oxygen atoms in total. The molecule has 0 aromatic heterocycles. The number of likely N-dealkylation sites (N-methyl/N-ethyl adjacent to an activating group) is 1. The Kier molecular flexibility index (Phi) is 6.21. The fraction of sp³-hybridized carbons (Fsp3) is 0.727.